The molecule has 6 aromatic carbocycles. The van der Waals surface area contributed by atoms with Crippen LogP contribution in [0.15, 0.2) is 121 Å². The highest BCUT2D eigenvalue weighted by Gasteiger charge is 2.20. The van der Waals surface area contributed by atoms with Gasteiger partial charge in [0.25, 0.3) is 0 Å². The fourth-order valence-electron chi connectivity index (χ4n) is 7.32. The summed E-state index contributed by atoms with van der Waals surface area (Å²) in [7, 11) is 0. The maximum Gasteiger partial charge on any atom is 0.0620 e. The molecule has 2 heterocycles. The Labute approximate surface area is 253 Å². The second kappa shape index (κ2) is 9.85. The van der Waals surface area contributed by atoms with Crippen LogP contribution in [0.1, 0.15) is 42.9 Å². The molecule has 0 fully saturated rings. The molecule has 0 saturated heterocycles. The number of fused-ring (bicyclic) bond motifs is 6. The summed E-state index contributed by atoms with van der Waals surface area (Å²) in [6.45, 7) is 9.16. The Morgan fingerprint density at radius 3 is 1.93 bits per heavy atom. The van der Waals surface area contributed by atoms with Crippen LogP contribution >= 0.6 is 0 Å². The largest absolute Gasteiger partial charge is 0.308 e. The van der Waals surface area contributed by atoms with Crippen LogP contribution in [0.2, 0.25) is 0 Å². The molecule has 8 aromatic rings. The maximum atomic E-state index is 2.48. The molecule has 43 heavy (non-hydrogen) atoms. The van der Waals surface area contributed by atoms with Gasteiger partial charge in [0, 0.05) is 21.5 Å². The SMILES string of the molecule is CCC(C)c1ccccc1-c1cc(-c2ccc3c4cccc5c6ccccc6n(c3c2)c54)cc(-c2ccccc2C)c1C. The van der Waals surface area contributed by atoms with Crippen LogP contribution in [0.5, 0.6) is 0 Å². The zero-order valence-electron chi connectivity index (χ0n) is 25.3. The van der Waals surface area contributed by atoms with Gasteiger partial charge in [-0.15, -0.1) is 0 Å². The molecule has 0 radical (unpaired) electrons. The van der Waals surface area contributed by atoms with E-state index in [2.05, 4.69) is 153 Å². The van der Waals surface area contributed by atoms with E-state index in [9.17, 15) is 0 Å². The first-order valence-electron chi connectivity index (χ1n) is 15.5. The minimum absolute atomic E-state index is 0.490. The molecule has 0 aliphatic rings. The van der Waals surface area contributed by atoms with Crippen molar-refractivity contribution in [1.29, 1.82) is 0 Å². The standard InChI is InChI=1S/C42H35N/c1-5-26(2)31-14-8-9-16-33(31)39-24-30(23-38(28(39)4)32-15-7-6-13-27(32)3)29-21-22-35-37-19-12-18-36-34-17-10-11-20-40(34)43(42(36)37)41(35)25-29/h6-26H,5H2,1-4H3. The Bertz CT molecular complexity index is 2320. The van der Waals surface area contributed by atoms with E-state index in [4.69, 9.17) is 0 Å². The highest BCUT2D eigenvalue weighted by Crippen LogP contribution is 2.43. The Kier molecular flexibility index (Phi) is 5.91. The topological polar surface area (TPSA) is 4.41 Å². The van der Waals surface area contributed by atoms with Gasteiger partial charge in [0.2, 0.25) is 0 Å². The van der Waals surface area contributed by atoms with Crippen molar-refractivity contribution in [3.05, 3.63) is 138 Å². The van der Waals surface area contributed by atoms with Gasteiger partial charge in [0.05, 0.1) is 16.6 Å². The summed E-state index contributed by atoms with van der Waals surface area (Å²) >= 11 is 0. The molecule has 1 atom stereocenters. The average molecular weight is 554 g/mol. The number of benzene rings is 6. The minimum atomic E-state index is 0.490. The lowest BCUT2D eigenvalue weighted by Gasteiger charge is -2.21. The summed E-state index contributed by atoms with van der Waals surface area (Å²) in [5.41, 5.74) is 15.7. The molecule has 0 spiro atoms. The number of nitrogens with zero attached hydrogens (tertiary/aromatic N) is 1. The molecule has 2 aromatic heterocycles. The molecule has 0 amide bonds. The molecule has 1 heteroatoms. The average Bonchev–Trinajstić information content (AvgIpc) is 3.57. The van der Waals surface area contributed by atoms with Crippen molar-refractivity contribution in [2.24, 2.45) is 0 Å². The highest BCUT2D eigenvalue weighted by molar-refractivity contribution is 6.23. The maximum absolute atomic E-state index is 2.48. The second-order valence-corrected chi connectivity index (χ2v) is 12.2. The van der Waals surface area contributed by atoms with Gasteiger partial charge in [-0.25, -0.2) is 0 Å². The Morgan fingerprint density at radius 2 is 1.16 bits per heavy atom. The van der Waals surface area contributed by atoms with E-state index in [0.717, 1.165) is 6.42 Å². The molecule has 208 valence electrons. The van der Waals surface area contributed by atoms with E-state index in [1.807, 2.05) is 0 Å². The van der Waals surface area contributed by atoms with Gasteiger partial charge in [-0.3, -0.25) is 0 Å². The molecule has 0 N–H and O–H groups in total. The highest BCUT2D eigenvalue weighted by atomic mass is 14.9. The van der Waals surface area contributed by atoms with Crippen LogP contribution in [0.25, 0.3) is 71.5 Å². The van der Waals surface area contributed by atoms with Gasteiger partial charge in [-0.1, -0.05) is 111 Å². The van der Waals surface area contributed by atoms with Crippen molar-refractivity contribution in [2.45, 2.75) is 40.0 Å². The molecule has 0 aliphatic carbocycles. The lowest BCUT2D eigenvalue weighted by molar-refractivity contribution is 0.735. The van der Waals surface area contributed by atoms with Crippen LogP contribution in [0.3, 0.4) is 0 Å². The predicted molar refractivity (Wildman–Crippen MR) is 186 cm³/mol. The fourth-order valence-corrected chi connectivity index (χ4v) is 7.32. The fraction of sp³-hybridized carbons (Fsp3) is 0.143. The van der Waals surface area contributed by atoms with Crippen LogP contribution in [0.4, 0.5) is 0 Å². The first-order valence-corrected chi connectivity index (χ1v) is 15.5. The number of aromatic nitrogens is 1. The molecule has 0 bridgehead atoms. The van der Waals surface area contributed by atoms with E-state index in [1.165, 1.54) is 88.2 Å². The first-order chi connectivity index (χ1) is 21.0. The van der Waals surface area contributed by atoms with Crippen LogP contribution in [-0.2, 0) is 0 Å². The van der Waals surface area contributed by atoms with Gasteiger partial charge in [-0.2, -0.15) is 0 Å². The molecule has 1 nitrogen and oxygen atoms in total. The quantitative estimate of drug-likeness (QED) is 0.200. The van der Waals surface area contributed by atoms with Gasteiger partial charge < -0.3 is 4.40 Å². The van der Waals surface area contributed by atoms with E-state index in [-0.39, 0.29) is 0 Å². The Balaban J connectivity index is 1.44. The molecular formula is C42H35N. The zero-order valence-corrected chi connectivity index (χ0v) is 25.3. The third kappa shape index (κ3) is 3.85. The minimum Gasteiger partial charge on any atom is -0.308 e. The monoisotopic (exact) mass is 553 g/mol. The number of hydrogen-bond donors (Lipinski definition) is 0. The zero-order chi connectivity index (χ0) is 29.2. The number of hydrogen-bond acceptors (Lipinski definition) is 0. The van der Waals surface area contributed by atoms with Gasteiger partial charge >= 0.3 is 0 Å². The first kappa shape index (κ1) is 25.8. The van der Waals surface area contributed by atoms with E-state index in [1.54, 1.807) is 0 Å². The van der Waals surface area contributed by atoms with Crippen molar-refractivity contribution < 1.29 is 0 Å². The van der Waals surface area contributed by atoms with Crippen LogP contribution in [0, 0.1) is 13.8 Å². The smallest absolute Gasteiger partial charge is 0.0620 e. The number of aryl methyl sites for hydroxylation is 1. The Hall–Kier alpha value is -4.88. The molecule has 0 aliphatic heterocycles. The van der Waals surface area contributed by atoms with Gasteiger partial charge in [0.1, 0.15) is 0 Å². The summed E-state index contributed by atoms with van der Waals surface area (Å²) in [6.07, 6.45) is 1.12. The predicted octanol–water partition coefficient (Wildman–Crippen LogP) is 12.0. The summed E-state index contributed by atoms with van der Waals surface area (Å²) < 4.78 is 2.48. The van der Waals surface area contributed by atoms with Crippen LogP contribution < -0.4 is 0 Å². The summed E-state index contributed by atoms with van der Waals surface area (Å²) in [6, 6.07) is 45.3. The third-order valence-electron chi connectivity index (χ3n) is 9.79. The van der Waals surface area contributed by atoms with E-state index in [0.29, 0.717) is 5.92 Å². The van der Waals surface area contributed by atoms with Crippen molar-refractivity contribution in [2.75, 3.05) is 0 Å². The third-order valence-corrected chi connectivity index (χ3v) is 9.79. The number of rotatable bonds is 5. The number of para-hydroxylation sites is 2. The Morgan fingerprint density at radius 1 is 0.535 bits per heavy atom. The van der Waals surface area contributed by atoms with Crippen LogP contribution in [-0.4, -0.2) is 4.40 Å². The van der Waals surface area contributed by atoms with Crippen molar-refractivity contribution in [1.82, 2.24) is 4.40 Å². The second-order valence-electron chi connectivity index (χ2n) is 12.2. The van der Waals surface area contributed by atoms with Crippen molar-refractivity contribution >= 4 is 38.1 Å². The molecule has 8 rings (SSSR count). The van der Waals surface area contributed by atoms with E-state index >= 15 is 0 Å². The molecular weight excluding hydrogens is 518 g/mol. The van der Waals surface area contributed by atoms with E-state index < -0.39 is 0 Å². The lowest BCUT2D eigenvalue weighted by atomic mass is 9.83. The molecule has 1 unspecified atom stereocenters. The van der Waals surface area contributed by atoms with Gasteiger partial charge in [-0.05, 0) is 101 Å². The summed E-state index contributed by atoms with van der Waals surface area (Å²) in [4.78, 5) is 0. The lowest BCUT2D eigenvalue weighted by Crippen LogP contribution is -1.98. The summed E-state index contributed by atoms with van der Waals surface area (Å²) in [5, 5.41) is 5.27. The van der Waals surface area contributed by atoms with Crippen molar-refractivity contribution in [3.63, 3.8) is 0 Å². The summed E-state index contributed by atoms with van der Waals surface area (Å²) in [5.74, 6) is 0.490. The van der Waals surface area contributed by atoms with Crippen molar-refractivity contribution in [3.8, 4) is 33.4 Å². The normalized spacial score (nSPS) is 12.7. The van der Waals surface area contributed by atoms with Gasteiger partial charge in [0.15, 0.2) is 0 Å². The molecule has 0 saturated carbocycles.